The van der Waals surface area contributed by atoms with E-state index in [9.17, 15) is 9.59 Å². The minimum atomic E-state index is -0.196. The van der Waals surface area contributed by atoms with Crippen LogP contribution in [0.3, 0.4) is 0 Å². The summed E-state index contributed by atoms with van der Waals surface area (Å²) in [6.45, 7) is 0.955. The van der Waals surface area contributed by atoms with Crippen molar-refractivity contribution in [3.63, 3.8) is 0 Å². The standard InChI is InChI=1S/C24H20BrNO2/c25-22-13-11-21(12-14-22)23(27)15-16-24(28)26(17-19-7-3-1-4-8-19)18-20-9-5-2-6-10-20/h1-16H,17-18H2/b16-15+. The Hall–Kier alpha value is -2.98. The summed E-state index contributed by atoms with van der Waals surface area (Å²) >= 11 is 3.35. The van der Waals surface area contributed by atoms with Gasteiger partial charge in [-0.3, -0.25) is 9.59 Å². The van der Waals surface area contributed by atoms with Gasteiger partial charge in [0.2, 0.25) is 5.91 Å². The number of carbonyl (C=O) groups excluding carboxylic acids is 2. The molecule has 3 nitrogen and oxygen atoms in total. The van der Waals surface area contributed by atoms with E-state index in [4.69, 9.17) is 0 Å². The lowest BCUT2D eigenvalue weighted by atomic mass is 10.1. The van der Waals surface area contributed by atoms with Crippen LogP contribution in [0.25, 0.3) is 0 Å². The zero-order valence-electron chi connectivity index (χ0n) is 15.3. The normalized spacial score (nSPS) is 10.8. The second kappa shape index (κ2) is 9.81. The van der Waals surface area contributed by atoms with Crippen LogP contribution in [0.1, 0.15) is 21.5 Å². The van der Waals surface area contributed by atoms with Gasteiger partial charge in [-0.2, -0.15) is 0 Å². The van der Waals surface area contributed by atoms with E-state index < -0.39 is 0 Å². The Bertz CT molecular complexity index is 909. The molecular formula is C24H20BrNO2. The van der Waals surface area contributed by atoms with E-state index in [0.29, 0.717) is 18.7 Å². The predicted octanol–water partition coefficient (Wildman–Crippen LogP) is 5.42. The van der Waals surface area contributed by atoms with Gasteiger partial charge < -0.3 is 4.90 Å². The molecule has 140 valence electrons. The molecule has 0 atom stereocenters. The Labute approximate surface area is 173 Å². The zero-order chi connectivity index (χ0) is 19.8. The van der Waals surface area contributed by atoms with Crippen LogP contribution in [-0.4, -0.2) is 16.6 Å². The highest BCUT2D eigenvalue weighted by molar-refractivity contribution is 9.10. The molecule has 0 radical (unpaired) electrons. The van der Waals surface area contributed by atoms with E-state index in [2.05, 4.69) is 15.9 Å². The van der Waals surface area contributed by atoms with E-state index in [1.807, 2.05) is 60.7 Å². The largest absolute Gasteiger partial charge is 0.331 e. The molecule has 0 aliphatic carbocycles. The van der Waals surface area contributed by atoms with Crippen molar-refractivity contribution in [3.05, 3.63) is 118 Å². The fourth-order valence-electron chi connectivity index (χ4n) is 2.78. The van der Waals surface area contributed by atoms with Crippen LogP contribution in [0.5, 0.6) is 0 Å². The van der Waals surface area contributed by atoms with Crippen LogP contribution in [0.4, 0.5) is 0 Å². The second-order valence-corrected chi connectivity index (χ2v) is 7.29. The van der Waals surface area contributed by atoms with E-state index in [0.717, 1.165) is 15.6 Å². The molecule has 3 rings (SSSR count). The highest BCUT2D eigenvalue weighted by atomic mass is 79.9. The summed E-state index contributed by atoms with van der Waals surface area (Å²) in [6, 6.07) is 26.7. The molecule has 28 heavy (non-hydrogen) atoms. The fourth-order valence-corrected chi connectivity index (χ4v) is 3.05. The van der Waals surface area contributed by atoms with Crippen molar-refractivity contribution in [2.75, 3.05) is 0 Å². The van der Waals surface area contributed by atoms with Crippen LogP contribution >= 0.6 is 15.9 Å². The molecule has 1 amide bonds. The average Bonchev–Trinajstić information content (AvgIpc) is 2.73. The zero-order valence-corrected chi connectivity index (χ0v) is 16.9. The van der Waals surface area contributed by atoms with Crippen molar-refractivity contribution in [2.45, 2.75) is 13.1 Å². The Balaban J connectivity index is 1.75. The molecule has 0 aliphatic heterocycles. The highest BCUT2D eigenvalue weighted by Crippen LogP contribution is 2.13. The SMILES string of the molecule is O=C(/C=C/C(=O)N(Cc1ccccc1)Cc1ccccc1)c1ccc(Br)cc1. The van der Waals surface area contributed by atoms with Crippen molar-refractivity contribution in [1.29, 1.82) is 0 Å². The topological polar surface area (TPSA) is 37.4 Å². The van der Waals surface area contributed by atoms with Gasteiger partial charge in [0.1, 0.15) is 0 Å². The number of halogens is 1. The van der Waals surface area contributed by atoms with Gasteiger partial charge in [0.05, 0.1) is 0 Å². The lowest BCUT2D eigenvalue weighted by Crippen LogP contribution is -2.28. The molecule has 0 aromatic heterocycles. The lowest BCUT2D eigenvalue weighted by molar-refractivity contribution is -0.127. The molecule has 0 bridgehead atoms. The summed E-state index contributed by atoms with van der Waals surface area (Å²) in [5.41, 5.74) is 2.63. The summed E-state index contributed by atoms with van der Waals surface area (Å²) in [4.78, 5) is 26.9. The maximum Gasteiger partial charge on any atom is 0.247 e. The summed E-state index contributed by atoms with van der Waals surface area (Å²) in [5, 5.41) is 0. The van der Waals surface area contributed by atoms with Crippen molar-refractivity contribution in [2.24, 2.45) is 0 Å². The fraction of sp³-hybridized carbons (Fsp3) is 0.0833. The maximum atomic E-state index is 12.8. The minimum Gasteiger partial charge on any atom is -0.331 e. The molecular weight excluding hydrogens is 414 g/mol. The number of amides is 1. The number of allylic oxidation sites excluding steroid dienone is 1. The van der Waals surface area contributed by atoms with Gasteiger partial charge in [-0.1, -0.05) is 76.6 Å². The summed E-state index contributed by atoms with van der Waals surface area (Å²) < 4.78 is 0.904. The van der Waals surface area contributed by atoms with Crippen molar-refractivity contribution >= 4 is 27.6 Å². The van der Waals surface area contributed by atoms with Crippen LogP contribution in [0.15, 0.2) is 102 Å². The Morgan fingerprint density at radius 3 is 1.71 bits per heavy atom. The van der Waals surface area contributed by atoms with E-state index in [1.165, 1.54) is 12.2 Å². The Morgan fingerprint density at radius 1 is 0.714 bits per heavy atom. The van der Waals surface area contributed by atoms with E-state index in [-0.39, 0.29) is 11.7 Å². The van der Waals surface area contributed by atoms with Gasteiger partial charge in [0.25, 0.3) is 0 Å². The summed E-state index contributed by atoms with van der Waals surface area (Å²) in [6.07, 6.45) is 2.70. The third kappa shape index (κ3) is 5.76. The Kier molecular flexibility index (Phi) is 6.93. The first-order chi connectivity index (χ1) is 13.6. The predicted molar refractivity (Wildman–Crippen MR) is 115 cm³/mol. The first-order valence-electron chi connectivity index (χ1n) is 8.96. The van der Waals surface area contributed by atoms with Crippen LogP contribution < -0.4 is 0 Å². The van der Waals surface area contributed by atoms with Crippen LogP contribution in [-0.2, 0) is 17.9 Å². The maximum absolute atomic E-state index is 12.8. The lowest BCUT2D eigenvalue weighted by Gasteiger charge is -2.21. The summed E-state index contributed by atoms with van der Waals surface area (Å²) in [7, 11) is 0. The third-order valence-electron chi connectivity index (χ3n) is 4.25. The van der Waals surface area contributed by atoms with Gasteiger partial charge in [0, 0.05) is 29.2 Å². The smallest absolute Gasteiger partial charge is 0.247 e. The van der Waals surface area contributed by atoms with Crippen molar-refractivity contribution in [1.82, 2.24) is 4.90 Å². The molecule has 0 saturated carbocycles. The minimum absolute atomic E-state index is 0.194. The highest BCUT2D eigenvalue weighted by Gasteiger charge is 2.13. The van der Waals surface area contributed by atoms with Gasteiger partial charge in [-0.05, 0) is 41.5 Å². The number of nitrogens with zero attached hydrogens (tertiary/aromatic N) is 1. The number of hydrogen-bond acceptors (Lipinski definition) is 2. The molecule has 0 unspecified atom stereocenters. The summed E-state index contributed by atoms with van der Waals surface area (Å²) in [5.74, 6) is -0.390. The Morgan fingerprint density at radius 2 is 1.21 bits per heavy atom. The van der Waals surface area contributed by atoms with Crippen molar-refractivity contribution in [3.8, 4) is 0 Å². The average molecular weight is 434 g/mol. The second-order valence-electron chi connectivity index (χ2n) is 6.37. The van der Waals surface area contributed by atoms with Gasteiger partial charge in [-0.25, -0.2) is 0 Å². The molecule has 0 fully saturated rings. The number of benzene rings is 3. The molecule has 0 N–H and O–H groups in total. The van der Waals surface area contributed by atoms with Gasteiger partial charge in [-0.15, -0.1) is 0 Å². The number of hydrogen-bond donors (Lipinski definition) is 0. The van der Waals surface area contributed by atoms with E-state index in [1.54, 1.807) is 29.2 Å². The molecule has 3 aromatic carbocycles. The van der Waals surface area contributed by atoms with Crippen LogP contribution in [0, 0.1) is 0 Å². The van der Waals surface area contributed by atoms with Gasteiger partial charge >= 0.3 is 0 Å². The molecule has 0 saturated heterocycles. The van der Waals surface area contributed by atoms with Gasteiger partial charge in [0.15, 0.2) is 5.78 Å². The van der Waals surface area contributed by atoms with E-state index >= 15 is 0 Å². The number of rotatable bonds is 7. The monoisotopic (exact) mass is 433 g/mol. The first kappa shape index (κ1) is 19.8. The molecule has 0 heterocycles. The molecule has 3 aromatic rings. The molecule has 4 heteroatoms. The van der Waals surface area contributed by atoms with Crippen molar-refractivity contribution < 1.29 is 9.59 Å². The molecule has 0 spiro atoms. The number of carbonyl (C=O) groups is 2. The third-order valence-corrected chi connectivity index (χ3v) is 4.78. The quantitative estimate of drug-likeness (QED) is 0.368. The van der Waals surface area contributed by atoms with Crippen LogP contribution in [0.2, 0.25) is 0 Å². The number of ketones is 1. The first-order valence-corrected chi connectivity index (χ1v) is 9.76. The molecule has 0 aliphatic rings.